The standard InChI is InChI=1S/C22H35N7O7/c1-12(31)17(21(35)36)29-19(33)15(10-13-6-3-2-4-7-13)27-20(34)16(11-30)28-18(32)14(23)8-5-9-26-22(24)25/h2-4,6-7,12,14-17,30-31H,5,8-11,23H2,1H3,(H,27,34)(H,28,32)(H,29,33)(H,35,36)(H4,24,25,26). The van der Waals surface area contributed by atoms with Crippen molar-refractivity contribution in [1.29, 1.82) is 0 Å². The van der Waals surface area contributed by atoms with Crippen LogP contribution in [-0.4, -0.2) is 88.4 Å². The second kappa shape index (κ2) is 15.3. The van der Waals surface area contributed by atoms with Gasteiger partial charge in [0.25, 0.3) is 0 Å². The van der Waals surface area contributed by atoms with E-state index >= 15 is 0 Å². The third-order valence-electron chi connectivity index (χ3n) is 5.08. The number of hydrogen-bond donors (Lipinski definition) is 9. The molecular weight excluding hydrogens is 474 g/mol. The molecule has 36 heavy (non-hydrogen) atoms. The lowest BCUT2D eigenvalue weighted by Crippen LogP contribution is -2.59. The van der Waals surface area contributed by atoms with Crippen molar-refractivity contribution in [3.8, 4) is 0 Å². The number of rotatable bonds is 15. The van der Waals surface area contributed by atoms with Crippen LogP contribution in [0.2, 0.25) is 0 Å². The Hall–Kier alpha value is -3.75. The molecule has 0 aliphatic rings. The minimum atomic E-state index is -1.61. The van der Waals surface area contributed by atoms with Gasteiger partial charge < -0.3 is 48.5 Å². The van der Waals surface area contributed by atoms with Crippen molar-refractivity contribution in [1.82, 2.24) is 16.0 Å². The van der Waals surface area contributed by atoms with Crippen LogP contribution in [0.1, 0.15) is 25.3 Å². The highest BCUT2D eigenvalue weighted by atomic mass is 16.4. The summed E-state index contributed by atoms with van der Waals surface area (Å²) in [4.78, 5) is 53.2. The maximum absolute atomic E-state index is 12.8. The van der Waals surface area contributed by atoms with Gasteiger partial charge in [0, 0.05) is 13.0 Å². The molecule has 3 amide bonds. The molecule has 5 unspecified atom stereocenters. The van der Waals surface area contributed by atoms with Crippen LogP contribution in [0.5, 0.6) is 0 Å². The van der Waals surface area contributed by atoms with Gasteiger partial charge in [0.2, 0.25) is 17.7 Å². The Bertz CT molecular complexity index is 907. The molecule has 0 radical (unpaired) electrons. The number of aliphatic hydroxyl groups is 2. The summed E-state index contributed by atoms with van der Waals surface area (Å²) in [6, 6.07) is 3.25. The van der Waals surface area contributed by atoms with Crippen LogP contribution >= 0.6 is 0 Å². The third kappa shape index (κ3) is 10.7. The number of amides is 3. The molecule has 1 aromatic rings. The molecule has 0 fully saturated rings. The number of carbonyl (C=O) groups excluding carboxylic acids is 3. The molecule has 14 nitrogen and oxygen atoms in total. The summed E-state index contributed by atoms with van der Waals surface area (Å²) in [5.41, 5.74) is 16.9. The molecule has 12 N–H and O–H groups in total. The zero-order chi connectivity index (χ0) is 27.3. The number of carboxylic acids is 1. The van der Waals surface area contributed by atoms with Gasteiger partial charge in [-0.15, -0.1) is 0 Å². The molecule has 1 rings (SSSR count). The molecule has 0 saturated carbocycles. The first kappa shape index (κ1) is 30.3. The Morgan fingerprint density at radius 1 is 0.972 bits per heavy atom. The first-order chi connectivity index (χ1) is 17.0. The molecule has 0 heterocycles. The number of guanidine groups is 1. The van der Waals surface area contributed by atoms with Gasteiger partial charge >= 0.3 is 5.97 Å². The Kier molecular flexibility index (Phi) is 12.9. The molecule has 200 valence electrons. The molecule has 14 heteroatoms. The molecule has 5 atom stereocenters. The van der Waals surface area contributed by atoms with Gasteiger partial charge in [0.05, 0.1) is 18.8 Å². The van der Waals surface area contributed by atoms with Gasteiger partial charge in [-0.1, -0.05) is 30.3 Å². The average molecular weight is 510 g/mol. The lowest BCUT2D eigenvalue weighted by molar-refractivity contribution is -0.145. The number of carboxylic acid groups (broad SMARTS) is 1. The molecule has 0 aromatic heterocycles. The fraction of sp³-hybridized carbons (Fsp3) is 0.500. The van der Waals surface area contributed by atoms with E-state index in [1.54, 1.807) is 30.3 Å². The predicted octanol–water partition coefficient (Wildman–Crippen LogP) is -3.48. The number of nitrogens with zero attached hydrogens (tertiary/aromatic N) is 1. The lowest BCUT2D eigenvalue weighted by atomic mass is 10.0. The second-order valence-corrected chi connectivity index (χ2v) is 8.12. The molecule has 0 bridgehead atoms. The minimum absolute atomic E-state index is 0.0268. The van der Waals surface area contributed by atoms with E-state index < -0.39 is 60.6 Å². The number of carbonyl (C=O) groups is 4. The summed E-state index contributed by atoms with van der Waals surface area (Å²) in [5.74, 6) is -4.03. The number of benzene rings is 1. The highest BCUT2D eigenvalue weighted by molar-refractivity contribution is 5.94. The van der Waals surface area contributed by atoms with Gasteiger partial charge in [0.1, 0.15) is 12.1 Å². The van der Waals surface area contributed by atoms with Crippen LogP contribution in [0.4, 0.5) is 0 Å². The minimum Gasteiger partial charge on any atom is -0.480 e. The Morgan fingerprint density at radius 2 is 1.56 bits per heavy atom. The summed E-state index contributed by atoms with van der Waals surface area (Å²) in [6.45, 7) is 0.665. The van der Waals surface area contributed by atoms with E-state index in [0.29, 0.717) is 12.0 Å². The summed E-state index contributed by atoms with van der Waals surface area (Å²) < 4.78 is 0. The SMILES string of the molecule is CC(O)C(NC(=O)C(Cc1ccccc1)NC(=O)C(CO)NC(=O)C(N)CCCN=C(N)N)C(=O)O. The largest absolute Gasteiger partial charge is 0.480 e. The Labute approximate surface area is 208 Å². The Morgan fingerprint density at radius 3 is 2.08 bits per heavy atom. The van der Waals surface area contributed by atoms with E-state index in [2.05, 4.69) is 20.9 Å². The number of hydrogen-bond acceptors (Lipinski definition) is 8. The number of aliphatic imine (C=N–C) groups is 1. The fourth-order valence-corrected chi connectivity index (χ4v) is 3.10. The summed E-state index contributed by atoms with van der Waals surface area (Å²) >= 11 is 0. The van der Waals surface area contributed by atoms with Crippen molar-refractivity contribution in [2.45, 2.75) is 56.5 Å². The van der Waals surface area contributed by atoms with E-state index in [0.717, 1.165) is 0 Å². The highest BCUT2D eigenvalue weighted by Gasteiger charge is 2.31. The van der Waals surface area contributed by atoms with Crippen molar-refractivity contribution < 1.29 is 34.5 Å². The maximum atomic E-state index is 12.8. The van der Waals surface area contributed by atoms with Crippen molar-refractivity contribution >= 4 is 29.7 Å². The normalized spacial score (nSPS) is 14.9. The van der Waals surface area contributed by atoms with E-state index in [-0.39, 0.29) is 25.3 Å². The van der Waals surface area contributed by atoms with E-state index in [1.807, 2.05) is 0 Å². The van der Waals surface area contributed by atoms with Gasteiger partial charge in [0.15, 0.2) is 12.0 Å². The predicted molar refractivity (Wildman–Crippen MR) is 130 cm³/mol. The van der Waals surface area contributed by atoms with E-state index in [4.69, 9.17) is 17.2 Å². The number of nitrogens with two attached hydrogens (primary N) is 3. The van der Waals surface area contributed by atoms with Crippen molar-refractivity contribution in [3.05, 3.63) is 35.9 Å². The van der Waals surface area contributed by atoms with Gasteiger partial charge in [-0.3, -0.25) is 19.4 Å². The number of aliphatic hydroxyl groups excluding tert-OH is 2. The first-order valence-electron chi connectivity index (χ1n) is 11.2. The molecular formula is C22H35N7O7. The zero-order valence-electron chi connectivity index (χ0n) is 20.0. The maximum Gasteiger partial charge on any atom is 0.328 e. The second-order valence-electron chi connectivity index (χ2n) is 8.12. The van der Waals surface area contributed by atoms with Crippen molar-refractivity contribution in [3.63, 3.8) is 0 Å². The van der Waals surface area contributed by atoms with Crippen LogP contribution < -0.4 is 33.2 Å². The average Bonchev–Trinajstić information content (AvgIpc) is 2.82. The van der Waals surface area contributed by atoms with Crippen LogP contribution in [0.3, 0.4) is 0 Å². The van der Waals surface area contributed by atoms with Crippen molar-refractivity contribution in [2.75, 3.05) is 13.2 Å². The molecule has 1 aromatic carbocycles. The Balaban J connectivity index is 2.91. The van der Waals surface area contributed by atoms with Gasteiger partial charge in [-0.2, -0.15) is 0 Å². The molecule has 0 saturated heterocycles. The van der Waals surface area contributed by atoms with Crippen LogP contribution in [0, 0.1) is 0 Å². The summed E-state index contributed by atoms with van der Waals surface area (Å²) in [7, 11) is 0. The monoisotopic (exact) mass is 509 g/mol. The topological polar surface area (TPSA) is 255 Å². The van der Waals surface area contributed by atoms with E-state index in [9.17, 15) is 34.5 Å². The highest BCUT2D eigenvalue weighted by Crippen LogP contribution is 2.06. The first-order valence-corrected chi connectivity index (χ1v) is 11.2. The smallest absolute Gasteiger partial charge is 0.328 e. The number of nitrogens with one attached hydrogen (secondary N) is 3. The van der Waals surface area contributed by atoms with E-state index in [1.165, 1.54) is 6.92 Å². The quantitative estimate of drug-likeness (QED) is 0.0640. The fourth-order valence-electron chi connectivity index (χ4n) is 3.10. The molecule has 0 spiro atoms. The van der Waals surface area contributed by atoms with Gasteiger partial charge in [-0.25, -0.2) is 4.79 Å². The summed E-state index contributed by atoms with van der Waals surface area (Å²) in [5, 5.41) is 35.5. The third-order valence-corrected chi connectivity index (χ3v) is 5.08. The number of aliphatic carboxylic acids is 1. The molecule has 0 aliphatic carbocycles. The van der Waals surface area contributed by atoms with Crippen molar-refractivity contribution in [2.24, 2.45) is 22.2 Å². The zero-order valence-corrected chi connectivity index (χ0v) is 20.0. The van der Waals surface area contributed by atoms with Gasteiger partial charge in [-0.05, 0) is 25.3 Å². The van der Waals surface area contributed by atoms with Crippen LogP contribution in [-0.2, 0) is 25.6 Å². The van der Waals surface area contributed by atoms with Crippen LogP contribution in [0.15, 0.2) is 35.3 Å². The summed E-state index contributed by atoms with van der Waals surface area (Å²) in [6.07, 6.45) is -0.828. The molecule has 0 aliphatic heterocycles. The van der Waals surface area contributed by atoms with Crippen LogP contribution in [0.25, 0.3) is 0 Å². The lowest BCUT2D eigenvalue weighted by Gasteiger charge is -2.25.